The Bertz CT molecular complexity index is 581. The Balaban J connectivity index is 2.19. The van der Waals surface area contributed by atoms with Crippen LogP contribution in [-0.4, -0.2) is 25.5 Å². The molecule has 2 heterocycles. The molecule has 7 heteroatoms. The van der Waals surface area contributed by atoms with Gasteiger partial charge in [0.1, 0.15) is 5.01 Å². The van der Waals surface area contributed by atoms with Gasteiger partial charge in [-0.2, -0.15) is 5.10 Å². The molecule has 0 aliphatic rings. The molecule has 0 saturated heterocycles. The summed E-state index contributed by atoms with van der Waals surface area (Å²) in [6, 6.07) is 0. The lowest BCUT2D eigenvalue weighted by atomic mass is 10.1. The molecule has 0 atom stereocenters. The number of aryl methyl sites for hydroxylation is 1. The highest BCUT2D eigenvalue weighted by molar-refractivity contribution is 9.10. The highest BCUT2D eigenvalue weighted by Crippen LogP contribution is 2.24. The minimum absolute atomic E-state index is 0.0765. The van der Waals surface area contributed by atoms with Crippen molar-refractivity contribution < 1.29 is 0 Å². The molecule has 2 aromatic heterocycles. The summed E-state index contributed by atoms with van der Waals surface area (Å²) < 4.78 is 2.86. The van der Waals surface area contributed by atoms with E-state index in [0.29, 0.717) is 0 Å². The maximum Gasteiger partial charge on any atom is 0.233 e. The van der Waals surface area contributed by atoms with E-state index in [4.69, 9.17) is 0 Å². The molecule has 2 aromatic rings. The van der Waals surface area contributed by atoms with E-state index in [1.807, 2.05) is 18.5 Å². The van der Waals surface area contributed by atoms with Gasteiger partial charge in [-0.25, -0.2) is 4.68 Å². The van der Waals surface area contributed by atoms with Gasteiger partial charge in [0.05, 0.1) is 22.4 Å². The van der Waals surface area contributed by atoms with Crippen molar-refractivity contribution >= 4 is 27.3 Å². The summed E-state index contributed by atoms with van der Waals surface area (Å²) in [5.41, 5.74) is 2.08. The first-order valence-corrected chi connectivity index (χ1v) is 7.68. The van der Waals surface area contributed by atoms with Crippen molar-refractivity contribution in [3.8, 4) is 5.13 Å². The van der Waals surface area contributed by atoms with Crippen molar-refractivity contribution in [3.63, 3.8) is 0 Å². The van der Waals surface area contributed by atoms with Crippen LogP contribution in [-0.2, 0) is 6.54 Å². The molecular formula is C12H18BrN5S. The van der Waals surface area contributed by atoms with Crippen molar-refractivity contribution in [2.45, 2.75) is 46.7 Å². The third kappa shape index (κ3) is 3.40. The van der Waals surface area contributed by atoms with Crippen LogP contribution in [0.25, 0.3) is 5.13 Å². The van der Waals surface area contributed by atoms with Crippen LogP contribution in [0.15, 0.2) is 4.47 Å². The molecule has 0 aromatic carbocycles. The summed E-state index contributed by atoms with van der Waals surface area (Å²) >= 11 is 5.08. The zero-order valence-electron chi connectivity index (χ0n) is 11.8. The Morgan fingerprint density at radius 2 is 1.95 bits per heavy atom. The zero-order valence-corrected chi connectivity index (χ0v) is 14.2. The highest BCUT2D eigenvalue weighted by Gasteiger charge is 2.15. The quantitative estimate of drug-likeness (QED) is 0.930. The fourth-order valence-electron chi connectivity index (χ4n) is 1.55. The average molecular weight is 344 g/mol. The lowest BCUT2D eigenvalue weighted by molar-refractivity contribution is 0.423. The number of halogens is 1. The molecule has 0 bridgehead atoms. The predicted octanol–water partition coefficient (Wildman–Crippen LogP) is 2.99. The SMILES string of the molecule is Cc1nn(-c2nnc(CNC(C)(C)C)s2)c(C)c1Br. The smallest absolute Gasteiger partial charge is 0.233 e. The molecular weight excluding hydrogens is 326 g/mol. The van der Waals surface area contributed by atoms with Crippen LogP contribution in [0.4, 0.5) is 0 Å². The van der Waals surface area contributed by atoms with Crippen LogP contribution < -0.4 is 5.32 Å². The maximum atomic E-state index is 4.46. The lowest BCUT2D eigenvalue weighted by Gasteiger charge is -2.19. The Morgan fingerprint density at radius 1 is 1.26 bits per heavy atom. The van der Waals surface area contributed by atoms with Gasteiger partial charge in [-0.15, -0.1) is 10.2 Å². The van der Waals surface area contributed by atoms with Crippen LogP contribution in [0.3, 0.4) is 0 Å². The van der Waals surface area contributed by atoms with Crippen molar-refractivity contribution in [1.29, 1.82) is 0 Å². The second-order valence-electron chi connectivity index (χ2n) is 5.48. The Kier molecular flexibility index (Phi) is 4.08. The minimum atomic E-state index is 0.0765. The van der Waals surface area contributed by atoms with Crippen LogP contribution in [0.2, 0.25) is 0 Å². The largest absolute Gasteiger partial charge is 0.306 e. The number of nitrogens with zero attached hydrogens (tertiary/aromatic N) is 4. The van der Waals surface area contributed by atoms with Gasteiger partial charge >= 0.3 is 0 Å². The Morgan fingerprint density at radius 3 is 2.47 bits per heavy atom. The molecule has 0 unspecified atom stereocenters. The number of aromatic nitrogens is 4. The first kappa shape index (κ1) is 14.6. The maximum absolute atomic E-state index is 4.46. The van der Waals surface area contributed by atoms with E-state index in [0.717, 1.165) is 32.5 Å². The Hall–Kier alpha value is -0.790. The first-order valence-electron chi connectivity index (χ1n) is 6.07. The summed E-state index contributed by atoms with van der Waals surface area (Å²) in [6.07, 6.45) is 0. The molecule has 0 spiro atoms. The molecule has 104 valence electrons. The summed E-state index contributed by atoms with van der Waals surface area (Å²) in [5, 5.41) is 18.0. The van der Waals surface area contributed by atoms with Crippen molar-refractivity contribution in [2.24, 2.45) is 0 Å². The van der Waals surface area contributed by atoms with E-state index in [9.17, 15) is 0 Å². The summed E-state index contributed by atoms with van der Waals surface area (Å²) in [5.74, 6) is 0. The number of rotatable bonds is 3. The van der Waals surface area contributed by atoms with Crippen LogP contribution in [0, 0.1) is 13.8 Å². The number of nitrogens with one attached hydrogen (secondary N) is 1. The third-order valence-corrected chi connectivity index (χ3v) is 4.66. The second kappa shape index (κ2) is 5.30. The van der Waals surface area contributed by atoms with E-state index in [2.05, 4.69) is 57.3 Å². The van der Waals surface area contributed by atoms with Gasteiger partial charge in [-0.1, -0.05) is 11.3 Å². The molecule has 19 heavy (non-hydrogen) atoms. The fourth-order valence-corrected chi connectivity index (χ4v) is 2.58. The van der Waals surface area contributed by atoms with Crippen molar-refractivity contribution in [2.75, 3.05) is 0 Å². The molecule has 2 rings (SSSR count). The van der Waals surface area contributed by atoms with E-state index in [1.54, 1.807) is 11.3 Å². The standard InChI is InChI=1S/C12H18BrN5S/c1-7-10(13)8(2)18(17-7)11-16-15-9(19-11)6-14-12(3,4)5/h14H,6H2,1-5H3. The summed E-state index contributed by atoms with van der Waals surface area (Å²) in [6.45, 7) is 11.1. The molecule has 5 nitrogen and oxygen atoms in total. The van der Waals surface area contributed by atoms with E-state index >= 15 is 0 Å². The molecule has 1 N–H and O–H groups in total. The minimum Gasteiger partial charge on any atom is -0.306 e. The summed E-state index contributed by atoms with van der Waals surface area (Å²) in [7, 11) is 0. The zero-order chi connectivity index (χ0) is 14.2. The van der Waals surface area contributed by atoms with Crippen LogP contribution >= 0.6 is 27.3 Å². The molecule has 0 fully saturated rings. The van der Waals surface area contributed by atoms with Gasteiger partial charge in [0.15, 0.2) is 0 Å². The normalized spacial score (nSPS) is 12.1. The molecule has 0 aliphatic carbocycles. The monoisotopic (exact) mass is 343 g/mol. The predicted molar refractivity (Wildman–Crippen MR) is 80.8 cm³/mol. The molecule has 0 saturated carbocycles. The number of hydrogen-bond acceptors (Lipinski definition) is 5. The topological polar surface area (TPSA) is 55.6 Å². The average Bonchev–Trinajstić information content (AvgIpc) is 2.87. The molecule has 0 aliphatic heterocycles. The van der Waals surface area contributed by atoms with E-state index < -0.39 is 0 Å². The first-order chi connectivity index (χ1) is 8.78. The van der Waals surface area contributed by atoms with Gasteiger partial charge in [0, 0.05) is 5.54 Å². The van der Waals surface area contributed by atoms with Crippen molar-refractivity contribution in [1.82, 2.24) is 25.3 Å². The van der Waals surface area contributed by atoms with Gasteiger partial charge in [-0.3, -0.25) is 0 Å². The second-order valence-corrected chi connectivity index (χ2v) is 7.31. The fraction of sp³-hybridized carbons (Fsp3) is 0.583. The van der Waals surface area contributed by atoms with Gasteiger partial charge in [0.2, 0.25) is 5.13 Å². The molecule has 0 radical (unpaired) electrons. The van der Waals surface area contributed by atoms with Crippen LogP contribution in [0.1, 0.15) is 37.2 Å². The van der Waals surface area contributed by atoms with E-state index in [-0.39, 0.29) is 5.54 Å². The lowest BCUT2D eigenvalue weighted by Crippen LogP contribution is -2.35. The van der Waals surface area contributed by atoms with Crippen LogP contribution in [0.5, 0.6) is 0 Å². The summed E-state index contributed by atoms with van der Waals surface area (Å²) in [4.78, 5) is 0. The molecule has 0 amide bonds. The van der Waals surface area contributed by atoms with Gasteiger partial charge in [-0.05, 0) is 50.5 Å². The highest BCUT2D eigenvalue weighted by atomic mass is 79.9. The Labute approximate surface area is 125 Å². The third-order valence-electron chi connectivity index (χ3n) is 2.61. The van der Waals surface area contributed by atoms with Crippen molar-refractivity contribution in [3.05, 3.63) is 20.9 Å². The van der Waals surface area contributed by atoms with Gasteiger partial charge < -0.3 is 5.32 Å². The van der Waals surface area contributed by atoms with Gasteiger partial charge in [0.25, 0.3) is 0 Å². The number of hydrogen-bond donors (Lipinski definition) is 1. The van der Waals surface area contributed by atoms with E-state index in [1.165, 1.54) is 0 Å².